The highest BCUT2D eigenvalue weighted by Gasteiger charge is 2.27. The molecule has 112 valence electrons. The molecule has 1 heterocycles. The molecular weight excluding hydrogens is 290 g/mol. The van der Waals surface area contributed by atoms with Crippen LogP contribution in [0.2, 0.25) is 0 Å². The van der Waals surface area contributed by atoms with Crippen LogP contribution in [0.25, 0.3) is 11.1 Å². The van der Waals surface area contributed by atoms with E-state index in [4.69, 9.17) is 21.7 Å². The largest absolute Gasteiger partial charge is 0.501 e. The highest BCUT2D eigenvalue weighted by Crippen LogP contribution is 2.32. The van der Waals surface area contributed by atoms with Gasteiger partial charge in [-0.25, -0.2) is 4.98 Å². The fourth-order valence-corrected chi connectivity index (χ4v) is 2.54. The number of carboxylic acids is 1. The molecular formula is C15H17NO4S. The van der Waals surface area contributed by atoms with Gasteiger partial charge in [0.1, 0.15) is 11.4 Å². The average Bonchev–Trinajstić information content (AvgIpc) is 2.84. The summed E-state index contributed by atoms with van der Waals surface area (Å²) in [6.45, 7) is 7.89. The summed E-state index contributed by atoms with van der Waals surface area (Å²) in [4.78, 5) is 15.3. The summed E-state index contributed by atoms with van der Waals surface area (Å²) in [5, 5.41) is 18.1. The number of hydrogen-bond acceptors (Lipinski definition) is 4. The number of thiocarbonyl (C=S) groups is 1. The fraction of sp³-hybridized carbons (Fsp3) is 0.400. The predicted molar refractivity (Wildman–Crippen MR) is 83.2 cm³/mol. The molecule has 0 saturated carbocycles. The quantitative estimate of drug-likeness (QED) is 0.841. The molecule has 1 aromatic heterocycles. The van der Waals surface area contributed by atoms with Crippen LogP contribution in [0.15, 0.2) is 4.42 Å². The Bertz CT molecular complexity index is 703. The minimum Gasteiger partial charge on any atom is -0.501 e. The Labute approximate surface area is 127 Å². The van der Waals surface area contributed by atoms with Crippen LogP contribution in [0.1, 0.15) is 40.5 Å². The van der Waals surface area contributed by atoms with E-state index in [1.807, 2.05) is 27.7 Å². The lowest BCUT2D eigenvalue weighted by Gasteiger charge is -2.08. The highest BCUT2D eigenvalue weighted by molar-refractivity contribution is 7.80. The standard InChI is InChI=1S/C15H17NO4S/c1-6-7(2)9(4)13-12(8(6)3)16-14(20-13)10(15(19)21)5-11(17)18/h10H,5H2,1-4H3,(H,17,18)(H,19,21). The zero-order valence-electron chi connectivity index (χ0n) is 12.4. The fourth-order valence-electron chi connectivity index (χ4n) is 2.36. The molecule has 0 fully saturated rings. The molecule has 2 rings (SSSR count). The Hall–Kier alpha value is -1.95. The number of carbonyl (C=O) groups is 1. The van der Waals surface area contributed by atoms with E-state index in [0.29, 0.717) is 11.1 Å². The van der Waals surface area contributed by atoms with Crippen molar-refractivity contribution < 1.29 is 19.4 Å². The van der Waals surface area contributed by atoms with E-state index >= 15 is 0 Å². The maximum absolute atomic E-state index is 10.9. The molecule has 1 aromatic carbocycles. The zero-order valence-corrected chi connectivity index (χ0v) is 13.2. The Morgan fingerprint density at radius 2 is 1.71 bits per heavy atom. The number of aliphatic hydroxyl groups excluding tert-OH is 1. The first-order valence-corrected chi connectivity index (χ1v) is 6.96. The summed E-state index contributed by atoms with van der Waals surface area (Å²) < 4.78 is 5.72. The summed E-state index contributed by atoms with van der Waals surface area (Å²) >= 11 is 4.73. The molecule has 0 radical (unpaired) electrons. The normalized spacial score (nSPS) is 12.6. The van der Waals surface area contributed by atoms with E-state index in [1.54, 1.807) is 0 Å². The summed E-state index contributed by atoms with van der Waals surface area (Å²) in [5.74, 6) is -1.83. The van der Waals surface area contributed by atoms with Gasteiger partial charge in [-0.3, -0.25) is 4.79 Å². The molecule has 0 aliphatic rings. The molecule has 0 saturated heterocycles. The van der Waals surface area contributed by atoms with Gasteiger partial charge in [-0.15, -0.1) is 0 Å². The number of rotatable bonds is 4. The van der Waals surface area contributed by atoms with Gasteiger partial charge in [-0.05, 0) is 62.2 Å². The third-order valence-electron chi connectivity index (χ3n) is 4.00. The lowest BCUT2D eigenvalue weighted by Crippen LogP contribution is -2.14. The van der Waals surface area contributed by atoms with Crippen molar-refractivity contribution in [3.8, 4) is 0 Å². The van der Waals surface area contributed by atoms with Crippen molar-refractivity contribution in [1.29, 1.82) is 0 Å². The smallest absolute Gasteiger partial charge is 0.304 e. The van der Waals surface area contributed by atoms with E-state index in [9.17, 15) is 9.90 Å². The molecule has 1 atom stereocenters. The number of nitrogens with zero attached hydrogens (tertiary/aromatic N) is 1. The summed E-state index contributed by atoms with van der Waals surface area (Å²) in [7, 11) is 0. The molecule has 0 aliphatic carbocycles. The van der Waals surface area contributed by atoms with Gasteiger partial charge >= 0.3 is 5.97 Å². The molecule has 0 aliphatic heterocycles. The number of carboxylic acid groups (broad SMARTS) is 1. The Kier molecular flexibility index (Phi) is 4.00. The average molecular weight is 307 g/mol. The van der Waals surface area contributed by atoms with Gasteiger partial charge in [0.25, 0.3) is 0 Å². The van der Waals surface area contributed by atoms with Crippen LogP contribution in [0.5, 0.6) is 0 Å². The first kappa shape index (κ1) is 15.4. The number of aromatic nitrogens is 1. The lowest BCUT2D eigenvalue weighted by atomic mass is 9.98. The molecule has 2 N–H and O–H groups in total. The number of benzene rings is 1. The first-order chi connectivity index (χ1) is 9.73. The molecule has 5 nitrogen and oxygen atoms in total. The number of aliphatic hydroxyl groups is 1. The van der Waals surface area contributed by atoms with Crippen molar-refractivity contribution in [2.24, 2.45) is 0 Å². The van der Waals surface area contributed by atoms with Crippen molar-refractivity contribution in [2.75, 3.05) is 0 Å². The second-order valence-corrected chi connectivity index (χ2v) is 5.64. The van der Waals surface area contributed by atoms with Gasteiger partial charge in [-0.2, -0.15) is 0 Å². The molecule has 0 amide bonds. The van der Waals surface area contributed by atoms with Gasteiger partial charge in [0.15, 0.2) is 10.6 Å². The lowest BCUT2D eigenvalue weighted by molar-refractivity contribution is -0.137. The van der Waals surface area contributed by atoms with Crippen molar-refractivity contribution >= 4 is 34.3 Å². The number of aliphatic carboxylic acids is 1. The van der Waals surface area contributed by atoms with Gasteiger partial charge < -0.3 is 14.6 Å². The van der Waals surface area contributed by atoms with Crippen molar-refractivity contribution in [2.45, 2.75) is 40.0 Å². The monoisotopic (exact) mass is 307 g/mol. The second-order valence-electron chi connectivity index (χ2n) is 5.22. The summed E-state index contributed by atoms with van der Waals surface area (Å²) in [5.41, 5.74) is 5.51. The Morgan fingerprint density at radius 1 is 1.14 bits per heavy atom. The maximum Gasteiger partial charge on any atom is 0.304 e. The van der Waals surface area contributed by atoms with Crippen molar-refractivity contribution in [3.05, 3.63) is 28.1 Å². The first-order valence-electron chi connectivity index (χ1n) is 6.55. The van der Waals surface area contributed by atoms with Crippen LogP contribution < -0.4 is 0 Å². The number of hydrogen-bond donors (Lipinski definition) is 2. The zero-order chi connectivity index (χ0) is 15.9. The number of oxazole rings is 1. The molecule has 2 aromatic rings. The summed E-state index contributed by atoms with van der Waals surface area (Å²) in [6, 6.07) is 0. The van der Waals surface area contributed by atoms with Crippen LogP contribution in [-0.2, 0) is 4.79 Å². The van der Waals surface area contributed by atoms with Crippen LogP contribution in [0, 0.1) is 27.7 Å². The number of fused-ring (bicyclic) bond motifs is 1. The van der Waals surface area contributed by atoms with Gasteiger partial charge in [0.05, 0.1) is 6.42 Å². The minimum atomic E-state index is -1.07. The van der Waals surface area contributed by atoms with Crippen LogP contribution in [-0.4, -0.2) is 26.2 Å². The van der Waals surface area contributed by atoms with E-state index in [0.717, 1.165) is 22.3 Å². The van der Waals surface area contributed by atoms with Crippen molar-refractivity contribution in [3.63, 3.8) is 0 Å². The predicted octanol–water partition coefficient (Wildman–Crippen LogP) is 3.51. The topological polar surface area (TPSA) is 83.6 Å². The molecule has 0 bridgehead atoms. The van der Waals surface area contributed by atoms with Crippen LogP contribution in [0.3, 0.4) is 0 Å². The van der Waals surface area contributed by atoms with E-state index in [2.05, 4.69) is 4.98 Å². The number of aryl methyl sites for hydroxylation is 2. The second kappa shape index (κ2) is 5.44. The van der Waals surface area contributed by atoms with Crippen LogP contribution in [0.4, 0.5) is 0 Å². The molecule has 21 heavy (non-hydrogen) atoms. The minimum absolute atomic E-state index is 0.149. The van der Waals surface area contributed by atoms with Crippen molar-refractivity contribution in [1.82, 2.24) is 4.98 Å². The molecule has 0 spiro atoms. The maximum atomic E-state index is 10.9. The van der Waals surface area contributed by atoms with Crippen LogP contribution >= 0.6 is 12.2 Å². The third kappa shape index (κ3) is 2.63. The van der Waals surface area contributed by atoms with Gasteiger partial charge in [0.2, 0.25) is 5.89 Å². The van der Waals surface area contributed by atoms with E-state index in [1.165, 1.54) is 0 Å². The Balaban J connectivity index is 2.67. The molecule has 6 heteroatoms. The van der Waals surface area contributed by atoms with E-state index < -0.39 is 16.9 Å². The summed E-state index contributed by atoms with van der Waals surface area (Å²) in [6.07, 6.45) is -0.349. The Morgan fingerprint density at radius 3 is 2.24 bits per heavy atom. The van der Waals surface area contributed by atoms with E-state index in [-0.39, 0.29) is 12.3 Å². The SMILES string of the molecule is Cc1c(C)c(C)c2oc(C(CC(=O)O)C(O)=S)nc2c1C. The molecule has 1 unspecified atom stereocenters. The highest BCUT2D eigenvalue weighted by atomic mass is 32.1. The van der Waals surface area contributed by atoms with Gasteiger partial charge in [0, 0.05) is 0 Å². The van der Waals surface area contributed by atoms with Gasteiger partial charge in [-0.1, -0.05) is 0 Å². The third-order valence-corrected chi connectivity index (χ3v) is 4.29.